The minimum atomic E-state index is -0.00259. The van der Waals surface area contributed by atoms with Gasteiger partial charge in [0.2, 0.25) is 0 Å². The van der Waals surface area contributed by atoms with Gasteiger partial charge in [0.05, 0.1) is 11.7 Å². The Balaban J connectivity index is 1.66. The molecule has 21 heavy (non-hydrogen) atoms. The van der Waals surface area contributed by atoms with Crippen molar-refractivity contribution in [1.82, 2.24) is 9.78 Å². The van der Waals surface area contributed by atoms with Crippen molar-refractivity contribution in [2.75, 3.05) is 0 Å². The summed E-state index contributed by atoms with van der Waals surface area (Å²) in [5.41, 5.74) is 8.55. The normalized spacial score (nSPS) is 17.8. The van der Waals surface area contributed by atoms with Crippen LogP contribution in [0.4, 0.5) is 0 Å². The van der Waals surface area contributed by atoms with Gasteiger partial charge in [-0.2, -0.15) is 5.10 Å². The molecule has 0 amide bonds. The molecule has 0 spiro atoms. The summed E-state index contributed by atoms with van der Waals surface area (Å²) in [5, 5.41) is 4.75. The van der Waals surface area contributed by atoms with E-state index >= 15 is 0 Å². The van der Waals surface area contributed by atoms with Crippen LogP contribution in [0.15, 0.2) is 41.0 Å². The van der Waals surface area contributed by atoms with Gasteiger partial charge in [-0.15, -0.1) is 0 Å². The Hall–Kier alpha value is -1.13. The molecule has 3 nitrogen and oxygen atoms in total. The summed E-state index contributed by atoms with van der Waals surface area (Å²) < 4.78 is 3.23. The number of rotatable bonds is 4. The van der Waals surface area contributed by atoms with Crippen LogP contribution in [-0.2, 0) is 6.42 Å². The Kier molecular flexibility index (Phi) is 4.76. The largest absolute Gasteiger partial charge is 0.324 e. The van der Waals surface area contributed by atoms with E-state index in [2.05, 4.69) is 45.0 Å². The Bertz CT molecular complexity index is 587. The molecule has 112 valence electrons. The maximum Gasteiger partial charge on any atom is 0.0643 e. The fraction of sp³-hybridized carbons (Fsp3) is 0.471. The van der Waals surface area contributed by atoms with Crippen LogP contribution in [0.1, 0.15) is 55.4 Å². The van der Waals surface area contributed by atoms with Gasteiger partial charge in [-0.1, -0.05) is 47.3 Å². The van der Waals surface area contributed by atoms with Crippen LogP contribution in [0, 0.1) is 0 Å². The maximum absolute atomic E-state index is 6.31. The van der Waals surface area contributed by atoms with E-state index in [0.29, 0.717) is 6.04 Å². The number of hydrogen-bond donors (Lipinski definition) is 1. The molecule has 0 aliphatic heterocycles. The Labute approximate surface area is 134 Å². The third kappa shape index (κ3) is 3.74. The smallest absolute Gasteiger partial charge is 0.0643 e. The standard InChI is InChI=1S/C17H22BrN3/c18-14-6-4-5-13(11-14)17(19)12-15-9-10-21(20-15)16-7-2-1-3-8-16/h4-6,9-11,16-17H,1-3,7-8,12,19H2. The van der Waals surface area contributed by atoms with Crippen LogP contribution in [0.5, 0.6) is 0 Å². The van der Waals surface area contributed by atoms with E-state index in [1.807, 2.05) is 12.1 Å². The van der Waals surface area contributed by atoms with Crippen LogP contribution in [0.2, 0.25) is 0 Å². The van der Waals surface area contributed by atoms with Gasteiger partial charge in [-0.3, -0.25) is 4.68 Å². The first kappa shape index (κ1) is 14.8. The van der Waals surface area contributed by atoms with Crippen molar-refractivity contribution in [3.63, 3.8) is 0 Å². The molecule has 1 heterocycles. The van der Waals surface area contributed by atoms with Crippen molar-refractivity contribution < 1.29 is 0 Å². The molecular formula is C17H22BrN3. The quantitative estimate of drug-likeness (QED) is 0.890. The predicted octanol–water partition coefficient (Wildman–Crippen LogP) is 4.39. The molecule has 1 aliphatic carbocycles. The first-order valence-corrected chi connectivity index (χ1v) is 8.57. The van der Waals surface area contributed by atoms with Crippen LogP contribution in [0.3, 0.4) is 0 Å². The molecule has 2 N–H and O–H groups in total. The summed E-state index contributed by atoms with van der Waals surface area (Å²) in [6.45, 7) is 0. The van der Waals surface area contributed by atoms with E-state index < -0.39 is 0 Å². The van der Waals surface area contributed by atoms with Gasteiger partial charge >= 0.3 is 0 Å². The molecule has 3 rings (SSSR count). The molecular weight excluding hydrogens is 326 g/mol. The summed E-state index contributed by atoms with van der Waals surface area (Å²) in [6.07, 6.45) is 9.47. The number of hydrogen-bond acceptors (Lipinski definition) is 2. The second-order valence-corrected chi connectivity index (χ2v) is 6.86. The predicted molar refractivity (Wildman–Crippen MR) is 89.1 cm³/mol. The van der Waals surface area contributed by atoms with Gasteiger partial charge in [0, 0.05) is 23.1 Å². The van der Waals surface area contributed by atoms with E-state index in [9.17, 15) is 0 Å². The van der Waals surface area contributed by atoms with Gasteiger partial charge in [0.25, 0.3) is 0 Å². The fourth-order valence-corrected chi connectivity index (χ4v) is 3.53. The molecule has 2 aromatic rings. The monoisotopic (exact) mass is 347 g/mol. The second kappa shape index (κ2) is 6.75. The zero-order valence-corrected chi connectivity index (χ0v) is 13.8. The Morgan fingerprint density at radius 3 is 2.81 bits per heavy atom. The molecule has 0 radical (unpaired) electrons. The van der Waals surface area contributed by atoms with E-state index in [4.69, 9.17) is 10.8 Å². The van der Waals surface area contributed by atoms with Crippen molar-refractivity contribution in [3.05, 3.63) is 52.3 Å². The molecule has 4 heteroatoms. The average Bonchev–Trinajstić information content (AvgIpc) is 2.97. The first-order chi connectivity index (χ1) is 10.2. The average molecular weight is 348 g/mol. The lowest BCUT2D eigenvalue weighted by Gasteiger charge is -2.21. The van der Waals surface area contributed by atoms with Crippen molar-refractivity contribution >= 4 is 15.9 Å². The topological polar surface area (TPSA) is 43.8 Å². The third-order valence-electron chi connectivity index (χ3n) is 4.32. The third-order valence-corrected chi connectivity index (χ3v) is 4.81. The van der Waals surface area contributed by atoms with Crippen LogP contribution < -0.4 is 5.73 Å². The summed E-state index contributed by atoms with van der Waals surface area (Å²) in [5.74, 6) is 0. The molecule has 1 fully saturated rings. The molecule has 1 atom stereocenters. The van der Waals surface area contributed by atoms with E-state index in [0.717, 1.165) is 22.2 Å². The van der Waals surface area contributed by atoms with E-state index in [1.165, 1.54) is 32.1 Å². The van der Waals surface area contributed by atoms with Crippen LogP contribution >= 0.6 is 15.9 Å². The van der Waals surface area contributed by atoms with Crippen molar-refractivity contribution in [2.45, 2.75) is 50.6 Å². The number of halogens is 1. The summed E-state index contributed by atoms with van der Waals surface area (Å²) in [4.78, 5) is 0. The van der Waals surface area contributed by atoms with Gasteiger partial charge in [-0.05, 0) is 36.6 Å². The first-order valence-electron chi connectivity index (χ1n) is 7.77. The Morgan fingerprint density at radius 2 is 2.05 bits per heavy atom. The van der Waals surface area contributed by atoms with Gasteiger partial charge < -0.3 is 5.73 Å². The minimum absolute atomic E-state index is 0.00259. The summed E-state index contributed by atoms with van der Waals surface area (Å²) in [7, 11) is 0. The second-order valence-electron chi connectivity index (χ2n) is 5.94. The fourth-order valence-electron chi connectivity index (χ4n) is 3.12. The summed E-state index contributed by atoms with van der Waals surface area (Å²) in [6, 6.07) is 10.9. The molecule has 1 saturated carbocycles. The molecule has 0 bridgehead atoms. The van der Waals surface area contributed by atoms with Gasteiger partial charge in [0.15, 0.2) is 0 Å². The highest BCUT2D eigenvalue weighted by Crippen LogP contribution is 2.28. The van der Waals surface area contributed by atoms with E-state index in [-0.39, 0.29) is 6.04 Å². The molecule has 1 aromatic heterocycles. The van der Waals surface area contributed by atoms with Crippen molar-refractivity contribution in [1.29, 1.82) is 0 Å². The lowest BCUT2D eigenvalue weighted by molar-refractivity contribution is 0.328. The molecule has 1 aliphatic rings. The summed E-state index contributed by atoms with van der Waals surface area (Å²) >= 11 is 3.50. The molecule has 1 unspecified atom stereocenters. The highest BCUT2D eigenvalue weighted by molar-refractivity contribution is 9.10. The maximum atomic E-state index is 6.31. The van der Waals surface area contributed by atoms with Crippen LogP contribution in [-0.4, -0.2) is 9.78 Å². The molecule has 0 saturated heterocycles. The number of benzene rings is 1. The van der Waals surface area contributed by atoms with Crippen molar-refractivity contribution in [2.24, 2.45) is 5.73 Å². The highest BCUT2D eigenvalue weighted by Gasteiger charge is 2.17. The number of nitrogens with zero attached hydrogens (tertiary/aromatic N) is 2. The Morgan fingerprint density at radius 1 is 1.24 bits per heavy atom. The number of aromatic nitrogens is 2. The zero-order valence-electron chi connectivity index (χ0n) is 12.2. The van der Waals surface area contributed by atoms with E-state index in [1.54, 1.807) is 0 Å². The van der Waals surface area contributed by atoms with Gasteiger partial charge in [-0.25, -0.2) is 0 Å². The molecule has 1 aromatic carbocycles. The SMILES string of the molecule is NC(Cc1ccn(C2CCCCC2)n1)c1cccc(Br)c1. The lowest BCUT2D eigenvalue weighted by Crippen LogP contribution is -2.16. The minimum Gasteiger partial charge on any atom is -0.324 e. The zero-order chi connectivity index (χ0) is 14.7. The van der Waals surface area contributed by atoms with Crippen molar-refractivity contribution in [3.8, 4) is 0 Å². The lowest BCUT2D eigenvalue weighted by atomic mass is 9.96. The van der Waals surface area contributed by atoms with Crippen LogP contribution in [0.25, 0.3) is 0 Å². The van der Waals surface area contributed by atoms with Gasteiger partial charge in [0.1, 0.15) is 0 Å². The highest BCUT2D eigenvalue weighted by atomic mass is 79.9. The number of nitrogens with two attached hydrogens (primary N) is 1.